The highest BCUT2D eigenvalue weighted by molar-refractivity contribution is 7.90. The number of halogens is 1. The first-order chi connectivity index (χ1) is 8.36. The molecule has 0 saturated carbocycles. The van der Waals surface area contributed by atoms with Crippen molar-refractivity contribution in [2.24, 2.45) is 11.7 Å². The number of rotatable bonds is 5. The maximum Gasteiger partial charge on any atom is 0.154 e. The van der Waals surface area contributed by atoms with Crippen molar-refractivity contribution in [1.29, 1.82) is 5.26 Å². The molecule has 0 aliphatic carbocycles. The molecule has 0 fully saturated rings. The summed E-state index contributed by atoms with van der Waals surface area (Å²) in [7, 11) is -3.34. The third-order valence-electron chi connectivity index (χ3n) is 2.41. The molecule has 0 bridgehead atoms. The summed E-state index contributed by atoms with van der Waals surface area (Å²) in [5, 5.41) is 8.69. The van der Waals surface area contributed by atoms with E-state index < -0.39 is 15.7 Å². The van der Waals surface area contributed by atoms with Gasteiger partial charge < -0.3 is 5.73 Å². The monoisotopic (exact) mass is 270 g/mol. The molecular formula is C12H15FN2O2S. The predicted molar refractivity (Wildman–Crippen MR) is 66.8 cm³/mol. The second kappa shape index (κ2) is 5.94. The van der Waals surface area contributed by atoms with Gasteiger partial charge in [-0.05, 0) is 36.2 Å². The fourth-order valence-corrected chi connectivity index (χ4v) is 3.41. The minimum absolute atomic E-state index is 0.0398. The molecule has 0 radical (unpaired) electrons. The van der Waals surface area contributed by atoms with E-state index in [4.69, 9.17) is 11.0 Å². The van der Waals surface area contributed by atoms with E-state index in [0.29, 0.717) is 0 Å². The Morgan fingerprint density at radius 2 is 2.11 bits per heavy atom. The Bertz CT molecular complexity index is 564. The van der Waals surface area contributed by atoms with Crippen molar-refractivity contribution >= 4 is 9.84 Å². The third-order valence-corrected chi connectivity index (χ3v) is 4.26. The Morgan fingerprint density at radius 3 is 2.67 bits per heavy atom. The molecule has 18 heavy (non-hydrogen) atoms. The van der Waals surface area contributed by atoms with Crippen LogP contribution in [0.3, 0.4) is 0 Å². The van der Waals surface area contributed by atoms with Crippen LogP contribution in [-0.2, 0) is 15.6 Å². The van der Waals surface area contributed by atoms with E-state index in [1.165, 1.54) is 6.07 Å². The van der Waals surface area contributed by atoms with Crippen molar-refractivity contribution in [3.8, 4) is 6.07 Å². The third kappa shape index (κ3) is 4.43. The van der Waals surface area contributed by atoms with Crippen LogP contribution in [0.4, 0.5) is 4.39 Å². The lowest BCUT2D eigenvalue weighted by Gasteiger charge is -2.09. The number of nitrogens with zero attached hydrogens (tertiary/aromatic N) is 1. The highest BCUT2D eigenvalue weighted by atomic mass is 32.2. The molecule has 4 nitrogen and oxygen atoms in total. The van der Waals surface area contributed by atoms with Gasteiger partial charge in [0.05, 0.1) is 23.1 Å². The highest BCUT2D eigenvalue weighted by Gasteiger charge is 2.16. The molecular weight excluding hydrogens is 255 g/mol. The molecule has 6 heteroatoms. The Labute approximate surface area is 106 Å². The maximum atomic E-state index is 13.2. The van der Waals surface area contributed by atoms with Crippen molar-refractivity contribution in [2.45, 2.75) is 12.7 Å². The van der Waals surface area contributed by atoms with Crippen LogP contribution in [0.25, 0.3) is 0 Å². The van der Waals surface area contributed by atoms with Gasteiger partial charge in [0, 0.05) is 0 Å². The van der Waals surface area contributed by atoms with Gasteiger partial charge >= 0.3 is 0 Å². The van der Waals surface area contributed by atoms with E-state index in [1.54, 1.807) is 13.0 Å². The minimum atomic E-state index is -3.34. The quantitative estimate of drug-likeness (QED) is 0.871. The van der Waals surface area contributed by atoms with Crippen molar-refractivity contribution in [3.63, 3.8) is 0 Å². The van der Waals surface area contributed by atoms with Crippen molar-refractivity contribution in [2.75, 3.05) is 12.3 Å². The topological polar surface area (TPSA) is 84.0 Å². The van der Waals surface area contributed by atoms with Crippen molar-refractivity contribution < 1.29 is 12.8 Å². The van der Waals surface area contributed by atoms with Crippen LogP contribution in [-0.4, -0.2) is 20.7 Å². The van der Waals surface area contributed by atoms with E-state index in [9.17, 15) is 12.8 Å². The van der Waals surface area contributed by atoms with E-state index >= 15 is 0 Å². The summed E-state index contributed by atoms with van der Waals surface area (Å²) in [4.78, 5) is 0. The molecule has 0 aromatic heterocycles. The Kier molecular flexibility index (Phi) is 4.82. The zero-order valence-corrected chi connectivity index (χ0v) is 10.9. The number of hydrogen-bond donors (Lipinski definition) is 1. The van der Waals surface area contributed by atoms with Gasteiger partial charge in [-0.25, -0.2) is 12.8 Å². The average Bonchev–Trinajstić information content (AvgIpc) is 2.26. The van der Waals surface area contributed by atoms with Crippen LogP contribution >= 0.6 is 0 Å². The lowest BCUT2D eigenvalue weighted by atomic mass is 10.1. The number of sulfone groups is 1. The Morgan fingerprint density at radius 1 is 1.44 bits per heavy atom. The second-order valence-electron chi connectivity index (χ2n) is 4.36. The fourth-order valence-electron chi connectivity index (χ4n) is 1.61. The molecule has 0 saturated heterocycles. The number of benzene rings is 1. The molecule has 0 spiro atoms. The SMILES string of the molecule is CC(CN)CS(=O)(=O)Cc1cc(F)cc(C#N)c1. The lowest BCUT2D eigenvalue weighted by molar-refractivity contribution is 0.572. The van der Waals surface area contributed by atoms with Gasteiger partial charge in [-0.2, -0.15) is 5.26 Å². The second-order valence-corrected chi connectivity index (χ2v) is 6.46. The smallest absolute Gasteiger partial charge is 0.154 e. The first-order valence-electron chi connectivity index (χ1n) is 5.46. The van der Waals surface area contributed by atoms with Crippen LogP contribution in [0.15, 0.2) is 18.2 Å². The molecule has 1 aromatic carbocycles. The Balaban J connectivity index is 2.91. The summed E-state index contributed by atoms with van der Waals surface area (Å²) in [6.45, 7) is 2.02. The molecule has 0 heterocycles. The fraction of sp³-hybridized carbons (Fsp3) is 0.417. The molecule has 0 amide bonds. The van der Waals surface area contributed by atoms with E-state index in [2.05, 4.69) is 0 Å². The van der Waals surface area contributed by atoms with Crippen LogP contribution in [0, 0.1) is 23.1 Å². The van der Waals surface area contributed by atoms with E-state index in [0.717, 1.165) is 12.1 Å². The van der Waals surface area contributed by atoms with Gasteiger partial charge in [-0.3, -0.25) is 0 Å². The van der Waals surface area contributed by atoms with Crippen molar-refractivity contribution in [3.05, 3.63) is 35.1 Å². The predicted octanol–water partition coefficient (Wildman–Crippen LogP) is 1.21. The molecule has 1 rings (SSSR count). The van der Waals surface area contributed by atoms with Crippen LogP contribution in [0.1, 0.15) is 18.1 Å². The molecule has 1 aromatic rings. The van der Waals surface area contributed by atoms with Gasteiger partial charge in [0.1, 0.15) is 5.82 Å². The molecule has 1 atom stereocenters. The van der Waals surface area contributed by atoms with Gasteiger partial charge in [0.2, 0.25) is 0 Å². The highest BCUT2D eigenvalue weighted by Crippen LogP contribution is 2.13. The number of nitrogens with two attached hydrogens (primary N) is 1. The summed E-state index contributed by atoms with van der Waals surface area (Å²) in [5.41, 5.74) is 5.78. The summed E-state index contributed by atoms with van der Waals surface area (Å²) in [5.74, 6) is -1.06. The standard InChI is InChI=1S/C12H15FN2O2S/c1-9(5-14)7-18(16,17)8-11-2-10(6-15)3-12(13)4-11/h2-4,9H,5,7-8,14H2,1H3. The van der Waals surface area contributed by atoms with E-state index in [-0.39, 0.29) is 35.1 Å². The molecule has 0 aliphatic heterocycles. The van der Waals surface area contributed by atoms with Crippen molar-refractivity contribution in [1.82, 2.24) is 0 Å². The van der Waals surface area contributed by atoms with Crippen LogP contribution in [0.2, 0.25) is 0 Å². The van der Waals surface area contributed by atoms with Gasteiger partial charge in [0.25, 0.3) is 0 Å². The van der Waals surface area contributed by atoms with Gasteiger partial charge in [-0.15, -0.1) is 0 Å². The van der Waals surface area contributed by atoms with Crippen LogP contribution in [0.5, 0.6) is 0 Å². The van der Waals surface area contributed by atoms with Gasteiger partial charge in [0.15, 0.2) is 9.84 Å². The zero-order valence-electron chi connectivity index (χ0n) is 10.1. The average molecular weight is 270 g/mol. The summed E-state index contributed by atoms with van der Waals surface area (Å²) in [6, 6.07) is 5.37. The summed E-state index contributed by atoms with van der Waals surface area (Å²) < 4.78 is 36.8. The number of hydrogen-bond acceptors (Lipinski definition) is 4. The van der Waals surface area contributed by atoms with Gasteiger partial charge in [-0.1, -0.05) is 6.92 Å². The number of nitriles is 1. The summed E-state index contributed by atoms with van der Waals surface area (Å²) >= 11 is 0. The van der Waals surface area contributed by atoms with Crippen LogP contribution < -0.4 is 5.73 Å². The Hall–Kier alpha value is -1.45. The summed E-state index contributed by atoms with van der Waals surface area (Å²) in [6.07, 6.45) is 0. The zero-order chi connectivity index (χ0) is 13.8. The first-order valence-corrected chi connectivity index (χ1v) is 7.28. The van der Waals surface area contributed by atoms with E-state index in [1.807, 2.05) is 0 Å². The molecule has 2 N–H and O–H groups in total. The first kappa shape index (κ1) is 14.6. The molecule has 1 unspecified atom stereocenters. The maximum absolute atomic E-state index is 13.2. The minimum Gasteiger partial charge on any atom is -0.330 e. The largest absolute Gasteiger partial charge is 0.330 e. The normalized spacial score (nSPS) is 13.0. The molecule has 0 aliphatic rings. The lowest BCUT2D eigenvalue weighted by Crippen LogP contribution is -2.22. The molecule has 98 valence electrons.